The molecule has 122 valence electrons. The van der Waals surface area contributed by atoms with Gasteiger partial charge in [-0.05, 0) is 60.0 Å². The zero-order valence-electron chi connectivity index (χ0n) is 13.6. The second kappa shape index (κ2) is 7.05. The van der Waals surface area contributed by atoms with Gasteiger partial charge in [0.25, 0.3) is 5.91 Å². The summed E-state index contributed by atoms with van der Waals surface area (Å²) in [5, 5.41) is 5.12. The van der Waals surface area contributed by atoms with Crippen molar-refractivity contribution in [3.63, 3.8) is 0 Å². The van der Waals surface area contributed by atoms with E-state index in [1.54, 1.807) is 0 Å². The van der Waals surface area contributed by atoms with Crippen molar-refractivity contribution in [2.24, 2.45) is 0 Å². The predicted molar refractivity (Wildman–Crippen MR) is 102 cm³/mol. The van der Waals surface area contributed by atoms with Crippen molar-refractivity contribution in [3.05, 3.63) is 70.2 Å². The Morgan fingerprint density at radius 1 is 1.00 bits per heavy atom. The second-order valence-electron chi connectivity index (χ2n) is 5.77. The first-order valence-electron chi connectivity index (χ1n) is 7.71. The summed E-state index contributed by atoms with van der Waals surface area (Å²) in [6.07, 6.45) is 0. The summed E-state index contributed by atoms with van der Waals surface area (Å²) in [7, 11) is 0. The van der Waals surface area contributed by atoms with E-state index in [1.807, 2.05) is 68.4 Å². The Morgan fingerprint density at radius 2 is 1.67 bits per heavy atom. The van der Waals surface area contributed by atoms with Crippen molar-refractivity contribution in [2.75, 3.05) is 11.9 Å². The molecule has 0 radical (unpaired) electrons. The number of rotatable bonds is 4. The van der Waals surface area contributed by atoms with Gasteiger partial charge in [-0.15, -0.1) is 0 Å². The van der Waals surface area contributed by atoms with E-state index >= 15 is 0 Å². The number of hydrogen-bond acceptors (Lipinski definition) is 2. The second-order valence-corrected chi connectivity index (χ2v) is 6.68. The number of carbonyl (C=O) groups is 1. The van der Waals surface area contributed by atoms with Crippen LogP contribution in [0, 0.1) is 13.8 Å². The van der Waals surface area contributed by atoms with Crippen LogP contribution in [-0.4, -0.2) is 12.5 Å². The predicted octanol–water partition coefficient (Wildman–Crippen LogP) is 5.24. The summed E-state index contributed by atoms with van der Waals surface area (Å²) in [6, 6.07) is 17.9. The molecule has 0 saturated heterocycles. The number of amides is 1. The van der Waals surface area contributed by atoms with Gasteiger partial charge in [0.1, 0.15) is 5.75 Å². The van der Waals surface area contributed by atoms with Gasteiger partial charge in [-0.25, -0.2) is 0 Å². The lowest BCUT2D eigenvalue weighted by atomic mass is 10.1. The molecule has 0 saturated carbocycles. The Labute approximate surface area is 149 Å². The average Bonchev–Trinajstić information content (AvgIpc) is 2.53. The number of benzene rings is 3. The summed E-state index contributed by atoms with van der Waals surface area (Å²) in [4.78, 5) is 12.2. The molecule has 0 bridgehead atoms. The third-order valence-electron chi connectivity index (χ3n) is 3.81. The van der Waals surface area contributed by atoms with Crippen LogP contribution in [0.4, 0.5) is 5.69 Å². The maximum absolute atomic E-state index is 12.2. The minimum atomic E-state index is -0.174. The van der Waals surface area contributed by atoms with Gasteiger partial charge in [-0.2, -0.15) is 0 Å². The molecule has 0 unspecified atom stereocenters. The number of ether oxygens (including phenoxy) is 1. The SMILES string of the molecule is Cc1cc(Br)cc(C)c1OCC(=O)Nc1ccc2ccccc2c1. The van der Waals surface area contributed by atoms with Crippen LogP contribution in [-0.2, 0) is 4.79 Å². The van der Waals surface area contributed by atoms with Crippen molar-refractivity contribution in [3.8, 4) is 5.75 Å². The summed E-state index contributed by atoms with van der Waals surface area (Å²) in [5.41, 5.74) is 2.77. The molecular weight excluding hydrogens is 366 g/mol. The average molecular weight is 384 g/mol. The number of nitrogens with one attached hydrogen (secondary N) is 1. The highest BCUT2D eigenvalue weighted by molar-refractivity contribution is 9.10. The maximum Gasteiger partial charge on any atom is 0.262 e. The highest BCUT2D eigenvalue weighted by Gasteiger charge is 2.09. The third-order valence-corrected chi connectivity index (χ3v) is 4.26. The Balaban J connectivity index is 1.67. The Morgan fingerprint density at radius 3 is 2.38 bits per heavy atom. The van der Waals surface area contributed by atoms with Crippen molar-refractivity contribution in [1.82, 2.24) is 0 Å². The molecule has 0 fully saturated rings. The van der Waals surface area contributed by atoms with Crippen LogP contribution in [0.1, 0.15) is 11.1 Å². The molecule has 3 aromatic rings. The lowest BCUT2D eigenvalue weighted by Gasteiger charge is -2.13. The van der Waals surface area contributed by atoms with Crippen molar-refractivity contribution in [1.29, 1.82) is 0 Å². The van der Waals surface area contributed by atoms with E-state index in [-0.39, 0.29) is 12.5 Å². The first kappa shape index (κ1) is 16.5. The molecule has 3 rings (SSSR count). The van der Waals surface area contributed by atoms with Gasteiger partial charge in [0.2, 0.25) is 0 Å². The molecule has 1 N–H and O–H groups in total. The summed E-state index contributed by atoms with van der Waals surface area (Å²) < 4.78 is 6.72. The van der Waals surface area contributed by atoms with Crippen LogP contribution in [0.3, 0.4) is 0 Å². The fraction of sp³-hybridized carbons (Fsp3) is 0.150. The monoisotopic (exact) mass is 383 g/mol. The Bertz CT molecular complexity index is 882. The molecule has 0 spiro atoms. The van der Waals surface area contributed by atoms with Crippen LogP contribution in [0.5, 0.6) is 5.75 Å². The van der Waals surface area contributed by atoms with Crippen LogP contribution < -0.4 is 10.1 Å². The first-order chi connectivity index (χ1) is 11.5. The summed E-state index contributed by atoms with van der Waals surface area (Å²) in [6.45, 7) is 3.92. The van der Waals surface area contributed by atoms with E-state index in [2.05, 4.69) is 21.2 Å². The molecule has 3 aromatic carbocycles. The summed E-state index contributed by atoms with van der Waals surface area (Å²) in [5.74, 6) is 0.582. The van der Waals surface area contributed by atoms with E-state index in [1.165, 1.54) is 0 Å². The molecule has 0 aliphatic carbocycles. The van der Waals surface area contributed by atoms with Crippen LogP contribution in [0.2, 0.25) is 0 Å². The van der Waals surface area contributed by atoms with Crippen LogP contribution in [0.15, 0.2) is 59.1 Å². The topological polar surface area (TPSA) is 38.3 Å². The minimum Gasteiger partial charge on any atom is -0.483 e. The molecule has 0 aliphatic heterocycles. The van der Waals surface area contributed by atoms with E-state index in [0.717, 1.165) is 37.8 Å². The standard InChI is InChI=1S/C20H18BrNO2/c1-13-9-17(21)10-14(2)20(13)24-12-19(23)22-18-8-7-15-5-3-4-6-16(15)11-18/h3-11H,12H2,1-2H3,(H,22,23). The molecule has 3 nitrogen and oxygen atoms in total. The van der Waals surface area contributed by atoms with Gasteiger partial charge < -0.3 is 10.1 Å². The van der Waals surface area contributed by atoms with E-state index < -0.39 is 0 Å². The van der Waals surface area contributed by atoms with E-state index in [0.29, 0.717) is 0 Å². The number of halogens is 1. The van der Waals surface area contributed by atoms with Crippen LogP contribution in [0.25, 0.3) is 10.8 Å². The molecule has 0 heterocycles. The van der Waals surface area contributed by atoms with Crippen molar-refractivity contribution < 1.29 is 9.53 Å². The molecular formula is C20H18BrNO2. The quantitative estimate of drug-likeness (QED) is 0.668. The van der Waals surface area contributed by atoms with Gasteiger partial charge in [-0.1, -0.05) is 46.3 Å². The van der Waals surface area contributed by atoms with E-state index in [9.17, 15) is 4.79 Å². The smallest absolute Gasteiger partial charge is 0.262 e. The number of hydrogen-bond donors (Lipinski definition) is 1. The lowest BCUT2D eigenvalue weighted by molar-refractivity contribution is -0.118. The van der Waals surface area contributed by atoms with Crippen molar-refractivity contribution in [2.45, 2.75) is 13.8 Å². The summed E-state index contributed by atoms with van der Waals surface area (Å²) >= 11 is 3.46. The van der Waals surface area contributed by atoms with Gasteiger partial charge >= 0.3 is 0 Å². The highest BCUT2D eigenvalue weighted by Crippen LogP contribution is 2.27. The number of anilines is 1. The molecule has 24 heavy (non-hydrogen) atoms. The minimum absolute atomic E-state index is 0.0177. The van der Waals surface area contributed by atoms with Gasteiger partial charge in [0, 0.05) is 10.2 Å². The van der Waals surface area contributed by atoms with Gasteiger partial charge in [0.05, 0.1) is 0 Å². The maximum atomic E-state index is 12.2. The van der Waals surface area contributed by atoms with Crippen LogP contribution >= 0.6 is 15.9 Å². The molecule has 4 heteroatoms. The highest BCUT2D eigenvalue weighted by atomic mass is 79.9. The zero-order chi connectivity index (χ0) is 17.1. The fourth-order valence-corrected chi connectivity index (χ4v) is 3.41. The van der Waals surface area contributed by atoms with Gasteiger partial charge in [-0.3, -0.25) is 4.79 Å². The number of carbonyl (C=O) groups excluding carboxylic acids is 1. The lowest BCUT2D eigenvalue weighted by Crippen LogP contribution is -2.20. The normalized spacial score (nSPS) is 10.6. The largest absolute Gasteiger partial charge is 0.483 e. The first-order valence-corrected chi connectivity index (χ1v) is 8.50. The zero-order valence-corrected chi connectivity index (χ0v) is 15.2. The number of fused-ring (bicyclic) bond motifs is 1. The molecule has 0 aliphatic rings. The third kappa shape index (κ3) is 3.77. The van der Waals surface area contributed by atoms with Crippen molar-refractivity contribution >= 4 is 38.3 Å². The van der Waals surface area contributed by atoms with E-state index in [4.69, 9.17) is 4.74 Å². The fourth-order valence-electron chi connectivity index (χ4n) is 2.73. The van der Waals surface area contributed by atoms with Gasteiger partial charge in [0.15, 0.2) is 6.61 Å². The Kier molecular flexibility index (Phi) is 4.86. The number of aryl methyl sites for hydroxylation is 2. The Hall–Kier alpha value is -2.33. The molecule has 0 atom stereocenters. The molecule has 0 aromatic heterocycles. The molecule has 1 amide bonds.